The summed E-state index contributed by atoms with van der Waals surface area (Å²) in [6.45, 7) is 6.65. The largest absolute Gasteiger partial charge is 0.456 e. The molecule has 0 atom stereocenters. The maximum Gasteiger partial charge on any atom is 0.182 e. The fourth-order valence-electron chi connectivity index (χ4n) is 7.53. The van der Waals surface area contributed by atoms with Gasteiger partial charge in [-0.25, -0.2) is 19.9 Å². The highest BCUT2D eigenvalue weighted by atomic mass is 16.3. The normalized spacial score (nSPS) is 12.0. The molecule has 0 fully saturated rings. The van der Waals surface area contributed by atoms with Crippen LogP contribution in [-0.4, -0.2) is 24.5 Å². The van der Waals surface area contributed by atoms with Crippen LogP contribution in [0.15, 0.2) is 162 Å². The zero-order chi connectivity index (χ0) is 36.4. The number of hydrogen-bond donors (Lipinski definition) is 0. The Morgan fingerprint density at radius 1 is 0.463 bits per heavy atom. The van der Waals surface area contributed by atoms with Crippen molar-refractivity contribution in [2.75, 3.05) is 0 Å². The van der Waals surface area contributed by atoms with Crippen molar-refractivity contribution in [2.24, 2.45) is 0 Å². The quantitative estimate of drug-likeness (QED) is 0.179. The summed E-state index contributed by atoms with van der Waals surface area (Å²) in [5, 5.41) is 4.53. The van der Waals surface area contributed by atoms with Gasteiger partial charge in [-0.1, -0.05) is 142 Å². The molecule has 0 saturated heterocycles. The molecular weight excluding hydrogens is 663 g/mol. The van der Waals surface area contributed by atoms with Crippen molar-refractivity contribution in [2.45, 2.75) is 26.2 Å². The number of pyridine rings is 1. The summed E-state index contributed by atoms with van der Waals surface area (Å²) in [7, 11) is 0. The number of para-hydroxylation sites is 2. The van der Waals surface area contributed by atoms with Crippen molar-refractivity contribution in [1.82, 2.24) is 24.5 Å². The molecule has 10 rings (SSSR count). The highest BCUT2D eigenvalue weighted by molar-refractivity contribution is 6.14. The van der Waals surface area contributed by atoms with Gasteiger partial charge in [-0.05, 0) is 58.5 Å². The molecular formula is C48H35N5O. The molecule has 4 aromatic heterocycles. The van der Waals surface area contributed by atoms with E-state index in [1.165, 1.54) is 5.56 Å². The summed E-state index contributed by atoms with van der Waals surface area (Å²) in [4.78, 5) is 20.3. The fraction of sp³-hybridized carbons (Fsp3) is 0.0833. The molecule has 0 N–H and O–H groups in total. The molecule has 6 nitrogen and oxygen atoms in total. The number of hydrogen-bond acceptors (Lipinski definition) is 5. The van der Waals surface area contributed by atoms with Crippen LogP contribution in [0.3, 0.4) is 0 Å². The lowest BCUT2D eigenvalue weighted by atomic mass is 9.87. The number of aromatic nitrogens is 5. The van der Waals surface area contributed by atoms with E-state index in [9.17, 15) is 0 Å². The minimum Gasteiger partial charge on any atom is -0.456 e. The number of nitrogens with zero attached hydrogens (tertiary/aromatic N) is 5. The fourth-order valence-corrected chi connectivity index (χ4v) is 7.53. The Morgan fingerprint density at radius 2 is 1.09 bits per heavy atom. The van der Waals surface area contributed by atoms with Crippen molar-refractivity contribution < 1.29 is 4.42 Å². The molecule has 0 bridgehead atoms. The van der Waals surface area contributed by atoms with Crippen LogP contribution in [0.4, 0.5) is 0 Å². The van der Waals surface area contributed by atoms with Gasteiger partial charge in [0, 0.05) is 32.7 Å². The van der Waals surface area contributed by atoms with E-state index in [0.717, 1.165) is 71.8 Å². The second-order valence-corrected chi connectivity index (χ2v) is 14.7. The molecule has 0 unspecified atom stereocenters. The molecule has 0 saturated carbocycles. The molecule has 4 heterocycles. The van der Waals surface area contributed by atoms with E-state index in [-0.39, 0.29) is 5.41 Å². The van der Waals surface area contributed by atoms with Crippen LogP contribution in [0.1, 0.15) is 26.3 Å². The van der Waals surface area contributed by atoms with Crippen molar-refractivity contribution in [3.8, 4) is 51.2 Å². The van der Waals surface area contributed by atoms with Crippen LogP contribution < -0.4 is 0 Å². The second kappa shape index (κ2) is 12.3. The third kappa shape index (κ3) is 5.34. The van der Waals surface area contributed by atoms with Gasteiger partial charge in [-0.15, -0.1) is 0 Å². The predicted molar refractivity (Wildman–Crippen MR) is 220 cm³/mol. The Labute approximate surface area is 312 Å². The monoisotopic (exact) mass is 697 g/mol. The van der Waals surface area contributed by atoms with Gasteiger partial charge in [0.2, 0.25) is 0 Å². The topological polar surface area (TPSA) is 69.6 Å². The summed E-state index contributed by atoms with van der Waals surface area (Å²) in [5.74, 6) is 2.50. The van der Waals surface area contributed by atoms with Crippen LogP contribution in [0.2, 0.25) is 0 Å². The predicted octanol–water partition coefficient (Wildman–Crippen LogP) is 12.2. The van der Waals surface area contributed by atoms with Crippen LogP contribution >= 0.6 is 0 Å². The summed E-state index contributed by atoms with van der Waals surface area (Å²) in [6.07, 6.45) is 0. The van der Waals surface area contributed by atoms with Crippen molar-refractivity contribution in [1.29, 1.82) is 0 Å². The molecule has 0 radical (unpaired) electrons. The molecule has 0 amide bonds. The molecule has 6 aromatic carbocycles. The Kier molecular flexibility index (Phi) is 7.27. The smallest absolute Gasteiger partial charge is 0.182 e. The molecule has 0 aliphatic carbocycles. The molecule has 0 spiro atoms. The van der Waals surface area contributed by atoms with Crippen molar-refractivity contribution in [3.63, 3.8) is 0 Å². The van der Waals surface area contributed by atoms with E-state index >= 15 is 0 Å². The van der Waals surface area contributed by atoms with Gasteiger partial charge in [0.1, 0.15) is 22.7 Å². The molecule has 54 heavy (non-hydrogen) atoms. The van der Waals surface area contributed by atoms with Crippen molar-refractivity contribution >= 4 is 43.7 Å². The summed E-state index contributed by atoms with van der Waals surface area (Å²) < 4.78 is 8.51. The summed E-state index contributed by atoms with van der Waals surface area (Å²) in [5.41, 5.74) is 9.91. The Hall–Kier alpha value is -6.92. The second-order valence-electron chi connectivity index (χ2n) is 14.7. The zero-order valence-corrected chi connectivity index (χ0v) is 30.2. The van der Waals surface area contributed by atoms with E-state index in [2.05, 4.69) is 122 Å². The molecule has 10 aromatic rings. The first-order chi connectivity index (χ1) is 26.4. The first-order valence-electron chi connectivity index (χ1n) is 18.2. The lowest BCUT2D eigenvalue weighted by Crippen LogP contribution is -2.10. The summed E-state index contributed by atoms with van der Waals surface area (Å²) >= 11 is 0. The zero-order valence-electron chi connectivity index (χ0n) is 30.2. The van der Waals surface area contributed by atoms with Crippen LogP contribution in [0.25, 0.3) is 95.0 Å². The Morgan fingerprint density at radius 3 is 1.89 bits per heavy atom. The van der Waals surface area contributed by atoms with Gasteiger partial charge >= 0.3 is 0 Å². The van der Waals surface area contributed by atoms with Crippen LogP contribution in [-0.2, 0) is 5.41 Å². The first kappa shape index (κ1) is 31.8. The Balaban J connectivity index is 1.15. The van der Waals surface area contributed by atoms with Gasteiger partial charge in [0.05, 0.1) is 11.0 Å². The minimum absolute atomic E-state index is 0.0386. The van der Waals surface area contributed by atoms with Gasteiger partial charge in [0.25, 0.3) is 0 Å². The van der Waals surface area contributed by atoms with Gasteiger partial charge in [-0.3, -0.25) is 4.57 Å². The maximum atomic E-state index is 6.26. The third-order valence-corrected chi connectivity index (χ3v) is 10.3. The SMILES string of the molecule is CC(C)(C)c1ccc(-c2nc(-c3ccccc3)nc(-c3cccc(-n4c5ccccc5c5ccc(-c6cccc7oc8ccccc8c67)cc54)n3)n2)cc1. The highest BCUT2D eigenvalue weighted by Crippen LogP contribution is 2.40. The number of furan rings is 1. The van der Waals surface area contributed by atoms with Crippen LogP contribution in [0.5, 0.6) is 0 Å². The van der Waals surface area contributed by atoms with Gasteiger partial charge in [0.15, 0.2) is 17.5 Å². The van der Waals surface area contributed by atoms with Gasteiger partial charge in [-0.2, -0.15) is 0 Å². The minimum atomic E-state index is 0.0386. The maximum absolute atomic E-state index is 6.26. The molecule has 6 heteroatoms. The number of rotatable bonds is 5. The number of fused-ring (bicyclic) bond motifs is 6. The van der Waals surface area contributed by atoms with Crippen molar-refractivity contribution in [3.05, 3.63) is 163 Å². The van der Waals surface area contributed by atoms with E-state index in [0.29, 0.717) is 23.2 Å². The van der Waals surface area contributed by atoms with Gasteiger partial charge < -0.3 is 4.42 Å². The van der Waals surface area contributed by atoms with Crippen LogP contribution in [0, 0.1) is 0 Å². The van der Waals surface area contributed by atoms with E-state index in [4.69, 9.17) is 24.4 Å². The number of benzene rings is 6. The molecule has 0 aliphatic rings. The lowest BCUT2D eigenvalue weighted by Gasteiger charge is -2.19. The first-order valence-corrected chi connectivity index (χ1v) is 18.2. The standard InChI is InChI=1S/C48H35N5O/c1-48(2,3)33-26-23-31(24-27-33)46-50-45(30-13-5-4-6-14-30)51-47(52-46)38-18-12-22-43(49-38)53-39-19-9-7-15-35(39)36-28-25-32(29-40(36)53)34-17-11-21-42-44(34)37-16-8-10-20-41(37)54-42/h4-29H,1-3H3. The average molecular weight is 698 g/mol. The highest BCUT2D eigenvalue weighted by Gasteiger charge is 2.19. The summed E-state index contributed by atoms with van der Waals surface area (Å²) in [6, 6.07) is 54.4. The molecule has 258 valence electrons. The Bertz CT molecular complexity index is 3020. The van der Waals surface area contributed by atoms with E-state index in [1.807, 2.05) is 60.7 Å². The lowest BCUT2D eigenvalue weighted by molar-refractivity contribution is 0.590. The average Bonchev–Trinajstić information content (AvgIpc) is 3.76. The molecule has 0 aliphatic heterocycles. The van der Waals surface area contributed by atoms with E-state index < -0.39 is 0 Å². The van der Waals surface area contributed by atoms with E-state index in [1.54, 1.807) is 0 Å². The third-order valence-electron chi connectivity index (χ3n) is 10.3.